The Balaban J connectivity index is 1.63. The largest absolute Gasteiger partial charge is 0.447 e. The molecule has 0 saturated carbocycles. The number of esters is 1. The van der Waals surface area contributed by atoms with Crippen LogP contribution in [0.4, 0.5) is 0 Å². The van der Waals surface area contributed by atoms with E-state index in [0.717, 1.165) is 5.56 Å². The molecule has 1 aliphatic heterocycles. The number of carbonyl (C=O) groups excluding carboxylic acids is 3. The van der Waals surface area contributed by atoms with Gasteiger partial charge in [0.05, 0.1) is 19.6 Å². The van der Waals surface area contributed by atoms with Crippen molar-refractivity contribution in [2.24, 2.45) is 0 Å². The third-order valence-corrected chi connectivity index (χ3v) is 4.83. The molecular formula is C23H25NO5. The van der Waals surface area contributed by atoms with Crippen molar-refractivity contribution in [2.45, 2.75) is 25.9 Å². The fourth-order valence-electron chi connectivity index (χ4n) is 3.13. The molecule has 1 heterocycles. The number of Topliss-reactive ketones (excluding diaryl/α,β-unsaturated/α-hetero) is 1. The van der Waals surface area contributed by atoms with Gasteiger partial charge in [-0.15, -0.1) is 0 Å². The van der Waals surface area contributed by atoms with Gasteiger partial charge in [0, 0.05) is 30.6 Å². The molecule has 6 heteroatoms. The van der Waals surface area contributed by atoms with E-state index in [2.05, 4.69) is 0 Å². The summed E-state index contributed by atoms with van der Waals surface area (Å²) in [6.07, 6.45) is -1.06. The van der Waals surface area contributed by atoms with Gasteiger partial charge in [-0.05, 0) is 6.92 Å². The van der Waals surface area contributed by atoms with Gasteiger partial charge in [-0.2, -0.15) is 0 Å². The summed E-state index contributed by atoms with van der Waals surface area (Å²) in [4.78, 5) is 39.3. The Morgan fingerprint density at radius 1 is 0.966 bits per heavy atom. The van der Waals surface area contributed by atoms with Crippen LogP contribution in [0.3, 0.4) is 0 Å². The van der Waals surface area contributed by atoms with Crippen molar-refractivity contribution in [3.63, 3.8) is 0 Å². The van der Waals surface area contributed by atoms with Crippen molar-refractivity contribution >= 4 is 17.7 Å². The van der Waals surface area contributed by atoms with Crippen LogP contribution < -0.4 is 0 Å². The highest BCUT2D eigenvalue weighted by molar-refractivity contribution is 5.97. The number of rotatable bonds is 7. The lowest BCUT2D eigenvalue weighted by Gasteiger charge is -2.30. The molecule has 152 valence electrons. The van der Waals surface area contributed by atoms with Gasteiger partial charge in [-0.1, -0.05) is 60.2 Å². The van der Waals surface area contributed by atoms with Crippen LogP contribution in [0.5, 0.6) is 0 Å². The Hall–Kier alpha value is -2.99. The Morgan fingerprint density at radius 2 is 1.62 bits per heavy atom. The van der Waals surface area contributed by atoms with E-state index in [0.29, 0.717) is 37.4 Å². The van der Waals surface area contributed by atoms with Crippen LogP contribution in [-0.4, -0.2) is 48.9 Å². The zero-order valence-corrected chi connectivity index (χ0v) is 16.5. The van der Waals surface area contributed by atoms with Crippen LogP contribution in [0.1, 0.15) is 40.4 Å². The smallest absolute Gasteiger partial charge is 0.307 e. The SMILES string of the molecule is Cc1ccc(C(=O)CCC(=O)O[C@H](C(=O)N2CCOCC2)c2ccccc2)cc1. The fraction of sp³-hybridized carbons (Fsp3) is 0.348. The van der Waals surface area contributed by atoms with Gasteiger partial charge in [0.25, 0.3) is 5.91 Å². The molecule has 0 unspecified atom stereocenters. The predicted octanol–water partition coefficient (Wildman–Crippen LogP) is 3.10. The summed E-state index contributed by atoms with van der Waals surface area (Å²) in [7, 11) is 0. The van der Waals surface area contributed by atoms with Crippen molar-refractivity contribution < 1.29 is 23.9 Å². The van der Waals surface area contributed by atoms with Crippen LogP contribution in [0.15, 0.2) is 54.6 Å². The first-order chi connectivity index (χ1) is 14.0. The highest BCUT2D eigenvalue weighted by Crippen LogP contribution is 2.22. The molecule has 1 aliphatic rings. The van der Waals surface area contributed by atoms with Gasteiger partial charge in [0.15, 0.2) is 5.78 Å². The van der Waals surface area contributed by atoms with Crippen LogP contribution in [0.2, 0.25) is 0 Å². The molecule has 1 saturated heterocycles. The first-order valence-electron chi connectivity index (χ1n) is 9.75. The molecule has 1 atom stereocenters. The van der Waals surface area contributed by atoms with Crippen molar-refractivity contribution in [1.29, 1.82) is 0 Å². The minimum Gasteiger partial charge on any atom is -0.447 e. The standard InChI is InChI=1S/C23H25NO5/c1-17-7-9-18(10-8-17)20(25)11-12-21(26)29-22(19-5-3-2-4-6-19)23(27)24-13-15-28-16-14-24/h2-10,22H,11-16H2,1H3/t22-/m0/s1. The van der Waals surface area contributed by atoms with E-state index < -0.39 is 12.1 Å². The van der Waals surface area contributed by atoms with Crippen molar-refractivity contribution in [3.8, 4) is 0 Å². The third kappa shape index (κ3) is 5.74. The quantitative estimate of drug-likeness (QED) is 0.532. The zero-order valence-electron chi connectivity index (χ0n) is 16.5. The molecule has 0 bridgehead atoms. The number of hydrogen-bond acceptors (Lipinski definition) is 5. The summed E-state index contributed by atoms with van der Waals surface area (Å²) in [5.74, 6) is -0.962. The topological polar surface area (TPSA) is 72.9 Å². The molecule has 2 aromatic rings. The molecule has 29 heavy (non-hydrogen) atoms. The molecule has 1 amide bonds. The van der Waals surface area contributed by atoms with Crippen molar-refractivity contribution in [1.82, 2.24) is 4.90 Å². The van der Waals surface area contributed by atoms with E-state index in [-0.39, 0.29) is 24.5 Å². The van der Waals surface area contributed by atoms with Gasteiger partial charge < -0.3 is 14.4 Å². The summed E-state index contributed by atoms with van der Waals surface area (Å²) >= 11 is 0. The number of benzene rings is 2. The summed E-state index contributed by atoms with van der Waals surface area (Å²) in [6.45, 7) is 3.80. The molecule has 0 spiro atoms. The van der Waals surface area contributed by atoms with E-state index in [1.54, 1.807) is 41.3 Å². The average Bonchev–Trinajstić information content (AvgIpc) is 2.77. The lowest BCUT2D eigenvalue weighted by atomic mass is 10.0. The summed E-state index contributed by atoms with van der Waals surface area (Å²) < 4.78 is 10.8. The second kappa shape index (κ2) is 9.98. The normalized spacial score (nSPS) is 14.9. The van der Waals surface area contributed by atoms with E-state index in [1.165, 1.54) is 0 Å². The van der Waals surface area contributed by atoms with Crippen LogP contribution in [-0.2, 0) is 19.1 Å². The molecule has 0 N–H and O–H groups in total. The molecule has 6 nitrogen and oxygen atoms in total. The highest BCUT2D eigenvalue weighted by Gasteiger charge is 2.30. The van der Waals surface area contributed by atoms with E-state index in [9.17, 15) is 14.4 Å². The van der Waals surface area contributed by atoms with E-state index in [4.69, 9.17) is 9.47 Å². The summed E-state index contributed by atoms with van der Waals surface area (Å²) in [5.41, 5.74) is 2.24. The number of ether oxygens (including phenoxy) is 2. The van der Waals surface area contributed by atoms with Crippen LogP contribution in [0.25, 0.3) is 0 Å². The second-order valence-electron chi connectivity index (χ2n) is 7.01. The maximum atomic E-state index is 13.0. The number of hydrogen-bond donors (Lipinski definition) is 0. The van der Waals surface area contributed by atoms with Crippen molar-refractivity contribution in [2.75, 3.05) is 26.3 Å². The molecule has 0 aliphatic carbocycles. The third-order valence-electron chi connectivity index (χ3n) is 4.83. The Morgan fingerprint density at radius 3 is 2.28 bits per heavy atom. The number of morpholine rings is 1. The number of nitrogens with zero attached hydrogens (tertiary/aromatic N) is 1. The molecule has 0 aromatic heterocycles. The molecule has 0 radical (unpaired) electrons. The summed E-state index contributed by atoms with van der Waals surface area (Å²) in [5, 5.41) is 0. The first-order valence-corrected chi connectivity index (χ1v) is 9.75. The minimum absolute atomic E-state index is 0.0369. The summed E-state index contributed by atoms with van der Waals surface area (Å²) in [6, 6.07) is 16.2. The average molecular weight is 395 g/mol. The Labute approximate surface area is 170 Å². The van der Waals surface area contributed by atoms with Gasteiger partial charge in [-0.3, -0.25) is 14.4 Å². The number of carbonyl (C=O) groups is 3. The van der Waals surface area contributed by atoms with E-state index >= 15 is 0 Å². The maximum Gasteiger partial charge on any atom is 0.307 e. The van der Waals surface area contributed by atoms with Gasteiger partial charge in [0.2, 0.25) is 6.10 Å². The van der Waals surface area contributed by atoms with Gasteiger partial charge >= 0.3 is 5.97 Å². The molecule has 2 aromatic carbocycles. The lowest BCUT2D eigenvalue weighted by Crippen LogP contribution is -2.44. The molecular weight excluding hydrogens is 370 g/mol. The number of ketones is 1. The minimum atomic E-state index is -1.02. The van der Waals surface area contributed by atoms with Crippen molar-refractivity contribution in [3.05, 3.63) is 71.3 Å². The fourth-order valence-corrected chi connectivity index (χ4v) is 3.13. The Bertz CT molecular complexity index is 841. The first kappa shape index (κ1) is 20.7. The maximum absolute atomic E-state index is 13.0. The molecule has 1 fully saturated rings. The van der Waals surface area contributed by atoms with Gasteiger partial charge in [0.1, 0.15) is 0 Å². The second-order valence-corrected chi connectivity index (χ2v) is 7.01. The Kier molecular flexibility index (Phi) is 7.14. The number of aryl methyl sites for hydroxylation is 1. The van der Waals surface area contributed by atoms with E-state index in [1.807, 2.05) is 25.1 Å². The monoisotopic (exact) mass is 395 g/mol. The zero-order chi connectivity index (χ0) is 20.6. The highest BCUT2D eigenvalue weighted by atomic mass is 16.5. The molecule has 3 rings (SSSR count). The number of amides is 1. The van der Waals surface area contributed by atoms with Crippen LogP contribution in [0, 0.1) is 6.92 Å². The van der Waals surface area contributed by atoms with Crippen LogP contribution >= 0.6 is 0 Å². The predicted molar refractivity (Wildman–Crippen MR) is 107 cm³/mol. The van der Waals surface area contributed by atoms with Gasteiger partial charge in [-0.25, -0.2) is 0 Å². The lowest BCUT2D eigenvalue weighted by molar-refractivity contribution is -0.162.